The van der Waals surface area contributed by atoms with Gasteiger partial charge in [0.15, 0.2) is 0 Å². The lowest BCUT2D eigenvalue weighted by Crippen LogP contribution is -2.22. The van der Waals surface area contributed by atoms with Gasteiger partial charge in [0.25, 0.3) is 0 Å². The first-order chi connectivity index (χ1) is 7.16. The van der Waals surface area contributed by atoms with Gasteiger partial charge in [0, 0.05) is 25.0 Å². The molecule has 0 radical (unpaired) electrons. The van der Waals surface area contributed by atoms with Crippen LogP contribution in [0.25, 0.3) is 0 Å². The van der Waals surface area contributed by atoms with E-state index in [1.165, 1.54) is 0 Å². The van der Waals surface area contributed by atoms with Crippen LogP contribution >= 0.6 is 0 Å². The smallest absolute Gasteiger partial charge is 0.141 e. The molecule has 1 atom stereocenters. The molecule has 0 amide bonds. The van der Waals surface area contributed by atoms with E-state index >= 15 is 0 Å². The normalized spacial score (nSPS) is 20.6. The Labute approximate surface area is 88.0 Å². The van der Waals surface area contributed by atoms with Crippen molar-refractivity contribution in [1.82, 2.24) is 4.98 Å². The van der Waals surface area contributed by atoms with E-state index < -0.39 is 0 Å². The summed E-state index contributed by atoms with van der Waals surface area (Å²) in [6.45, 7) is 1.48. The van der Waals surface area contributed by atoms with E-state index in [9.17, 15) is 5.11 Å². The monoisotopic (exact) mass is 206 g/mol. The van der Waals surface area contributed by atoms with E-state index in [1.807, 2.05) is 6.07 Å². The number of anilines is 1. The Balaban J connectivity index is 2.21. The quantitative estimate of drug-likeness (QED) is 0.467. The van der Waals surface area contributed by atoms with Crippen molar-refractivity contribution < 1.29 is 5.11 Å². The molecule has 2 heterocycles. The highest BCUT2D eigenvalue weighted by molar-refractivity contribution is 5.93. The molecule has 2 rings (SSSR count). The molecular formula is C10H14N4O. The fourth-order valence-electron chi connectivity index (χ4n) is 1.74. The van der Waals surface area contributed by atoms with Crippen LogP contribution < -0.4 is 10.6 Å². The molecule has 4 N–H and O–H groups in total. The van der Waals surface area contributed by atoms with Gasteiger partial charge in [0.2, 0.25) is 0 Å². The zero-order valence-electron chi connectivity index (χ0n) is 8.35. The van der Waals surface area contributed by atoms with Crippen LogP contribution in [0.3, 0.4) is 0 Å². The lowest BCUT2D eigenvalue weighted by molar-refractivity contribution is 0.198. The Morgan fingerprint density at radius 1 is 1.67 bits per heavy atom. The molecule has 0 spiro atoms. The van der Waals surface area contributed by atoms with Crippen molar-refractivity contribution in [1.29, 1.82) is 5.41 Å². The van der Waals surface area contributed by atoms with Crippen LogP contribution in [0.5, 0.6) is 0 Å². The maximum Gasteiger partial charge on any atom is 0.141 e. The second-order valence-corrected chi connectivity index (χ2v) is 3.70. The molecule has 5 heteroatoms. The maximum atomic E-state index is 9.42. The van der Waals surface area contributed by atoms with Crippen LogP contribution in [0.15, 0.2) is 18.3 Å². The van der Waals surface area contributed by atoms with E-state index in [4.69, 9.17) is 11.1 Å². The predicted octanol–water partition coefficient (Wildman–Crippen LogP) is -0.0633. The average Bonchev–Trinajstić information content (AvgIpc) is 2.65. The first kappa shape index (κ1) is 9.92. The number of aliphatic hydroxyl groups excluding tert-OH is 1. The average molecular weight is 206 g/mol. The molecule has 0 aromatic carbocycles. The molecule has 1 aliphatic heterocycles. The van der Waals surface area contributed by atoms with Crippen molar-refractivity contribution in [2.75, 3.05) is 18.0 Å². The van der Waals surface area contributed by atoms with E-state index in [1.54, 1.807) is 12.3 Å². The summed E-state index contributed by atoms with van der Waals surface area (Å²) in [7, 11) is 0. The number of aliphatic hydroxyl groups is 1. The molecule has 0 aliphatic carbocycles. The number of hydrogen-bond acceptors (Lipinski definition) is 4. The van der Waals surface area contributed by atoms with Crippen molar-refractivity contribution in [3.05, 3.63) is 24.0 Å². The van der Waals surface area contributed by atoms with Gasteiger partial charge in [-0.2, -0.15) is 0 Å². The molecular weight excluding hydrogens is 192 g/mol. The molecule has 1 aromatic rings. The lowest BCUT2D eigenvalue weighted by Gasteiger charge is -2.17. The molecule has 0 bridgehead atoms. The number of aromatic nitrogens is 1. The van der Waals surface area contributed by atoms with Gasteiger partial charge in [-0.1, -0.05) is 0 Å². The third-order valence-electron chi connectivity index (χ3n) is 2.55. The fraction of sp³-hybridized carbons (Fsp3) is 0.400. The number of pyridine rings is 1. The molecule has 1 aromatic heterocycles. The molecule has 1 unspecified atom stereocenters. The third-order valence-corrected chi connectivity index (χ3v) is 2.55. The van der Waals surface area contributed by atoms with Gasteiger partial charge in [-0.3, -0.25) is 10.4 Å². The van der Waals surface area contributed by atoms with Gasteiger partial charge in [0.1, 0.15) is 11.5 Å². The first-order valence-corrected chi connectivity index (χ1v) is 4.90. The van der Waals surface area contributed by atoms with Gasteiger partial charge in [0.05, 0.1) is 6.10 Å². The summed E-state index contributed by atoms with van der Waals surface area (Å²) < 4.78 is 0. The summed E-state index contributed by atoms with van der Waals surface area (Å²) in [4.78, 5) is 6.06. The topological polar surface area (TPSA) is 86.2 Å². The van der Waals surface area contributed by atoms with Crippen LogP contribution in [0.2, 0.25) is 0 Å². The molecule has 1 aliphatic rings. The fourth-order valence-corrected chi connectivity index (χ4v) is 1.74. The van der Waals surface area contributed by atoms with Crippen molar-refractivity contribution in [3.8, 4) is 0 Å². The summed E-state index contributed by atoms with van der Waals surface area (Å²) >= 11 is 0. The minimum atomic E-state index is -0.251. The summed E-state index contributed by atoms with van der Waals surface area (Å²) in [5.74, 6) is -0.0309. The van der Waals surface area contributed by atoms with Crippen molar-refractivity contribution in [2.45, 2.75) is 12.5 Å². The summed E-state index contributed by atoms with van der Waals surface area (Å²) in [6, 6.07) is 3.64. The first-order valence-electron chi connectivity index (χ1n) is 4.90. The number of amidine groups is 1. The minimum Gasteiger partial charge on any atom is -0.391 e. The van der Waals surface area contributed by atoms with Crippen LogP contribution in [-0.4, -0.2) is 35.1 Å². The Morgan fingerprint density at radius 2 is 2.47 bits per heavy atom. The summed E-state index contributed by atoms with van der Waals surface area (Å²) in [5.41, 5.74) is 6.81. The minimum absolute atomic E-state index is 0.0309. The zero-order valence-corrected chi connectivity index (χ0v) is 8.35. The second kappa shape index (κ2) is 3.86. The number of β-amino-alcohol motifs (C(OH)–C–C–N with tert-alkyl or cyclic N) is 1. The van der Waals surface area contributed by atoms with Crippen LogP contribution in [0.1, 0.15) is 12.1 Å². The van der Waals surface area contributed by atoms with Crippen LogP contribution in [0, 0.1) is 5.41 Å². The predicted molar refractivity (Wildman–Crippen MR) is 58.1 cm³/mol. The maximum absolute atomic E-state index is 9.42. The highest BCUT2D eigenvalue weighted by Gasteiger charge is 2.20. The number of nitrogen functional groups attached to an aromatic ring is 1. The number of nitrogens with two attached hydrogens (primary N) is 1. The molecule has 1 saturated heterocycles. The zero-order chi connectivity index (χ0) is 10.8. The van der Waals surface area contributed by atoms with Crippen LogP contribution in [0.4, 0.5) is 5.69 Å². The molecule has 0 saturated carbocycles. The van der Waals surface area contributed by atoms with Crippen molar-refractivity contribution in [3.63, 3.8) is 0 Å². The van der Waals surface area contributed by atoms with Crippen molar-refractivity contribution >= 4 is 11.5 Å². The number of nitrogens with zero attached hydrogens (tertiary/aromatic N) is 2. The van der Waals surface area contributed by atoms with Gasteiger partial charge in [-0.05, 0) is 18.6 Å². The SMILES string of the molecule is N=C(N)c1cc(N2CCC(O)C2)ccn1. The number of nitrogens with one attached hydrogen (secondary N) is 1. The summed E-state index contributed by atoms with van der Waals surface area (Å²) in [5, 5.41) is 16.7. The van der Waals surface area contributed by atoms with Gasteiger partial charge in [-0.15, -0.1) is 0 Å². The summed E-state index contributed by atoms with van der Waals surface area (Å²) in [6.07, 6.45) is 2.17. The Hall–Kier alpha value is -1.62. The molecule has 5 nitrogen and oxygen atoms in total. The van der Waals surface area contributed by atoms with E-state index in [-0.39, 0.29) is 11.9 Å². The van der Waals surface area contributed by atoms with E-state index in [0.717, 1.165) is 18.7 Å². The van der Waals surface area contributed by atoms with E-state index in [0.29, 0.717) is 12.2 Å². The highest BCUT2D eigenvalue weighted by atomic mass is 16.3. The number of hydrogen-bond donors (Lipinski definition) is 3. The van der Waals surface area contributed by atoms with Crippen LogP contribution in [-0.2, 0) is 0 Å². The standard InChI is InChI=1S/C10H14N4O/c11-10(12)9-5-7(1-3-13-9)14-4-2-8(15)6-14/h1,3,5,8,15H,2,4,6H2,(H3,11,12). The number of rotatable bonds is 2. The molecule has 80 valence electrons. The van der Waals surface area contributed by atoms with Crippen molar-refractivity contribution in [2.24, 2.45) is 5.73 Å². The lowest BCUT2D eigenvalue weighted by atomic mass is 10.3. The highest BCUT2D eigenvalue weighted by Crippen LogP contribution is 2.20. The third kappa shape index (κ3) is 2.07. The molecule has 1 fully saturated rings. The Kier molecular flexibility index (Phi) is 2.55. The Morgan fingerprint density at radius 3 is 3.07 bits per heavy atom. The molecule has 15 heavy (non-hydrogen) atoms. The van der Waals surface area contributed by atoms with Gasteiger partial charge < -0.3 is 15.7 Å². The largest absolute Gasteiger partial charge is 0.391 e. The van der Waals surface area contributed by atoms with E-state index in [2.05, 4.69) is 9.88 Å². The van der Waals surface area contributed by atoms with Gasteiger partial charge in [-0.25, -0.2) is 0 Å². The van der Waals surface area contributed by atoms with Gasteiger partial charge >= 0.3 is 0 Å². The Bertz CT molecular complexity index is 379. The second-order valence-electron chi connectivity index (χ2n) is 3.70.